The summed E-state index contributed by atoms with van der Waals surface area (Å²) in [6.45, 7) is 2.96. The first-order valence-electron chi connectivity index (χ1n) is 7.26. The number of carbonyl (C=O) groups excluding carboxylic acids is 3. The molecule has 0 aromatic rings. The second-order valence-corrected chi connectivity index (χ2v) is 6.43. The Morgan fingerprint density at radius 1 is 1.10 bits per heavy atom. The standard InChI is InChI=1S/C15H19N3O3/c1-14-6-12(5-13(14)18-11-21)7-15(14,8-17-10-20)3-2-4-16-9-19/h12-13H,2-8H2,1H3. The van der Waals surface area contributed by atoms with Crippen LogP contribution in [0.2, 0.25) is 0 Å². The minimum Gasteiger partial charge on any atom is -0.211 e. The Morgan fingerprint density at radius 2 is 1.86 bits per heavy atom. The molecule has 2 aliphatic carbocycles. The van der Waals surface area contributed by atoms with Crippen LogP contribution in [0.4, 0.5) is 0 Å². The molecule has 2 bridgehead atoms. The third-order valence-electron chi connectivity index (χ3n) is 5.54. The topological polar surface area (TPSA) is 88.3 Å². The van der Waals surface area contributed by atoms with Crippen LogP contribution in [0.1, 0.15) is 39.0 Å². The van der Waals surface area contributed by atoms with E-state index in [1.54, 1.807) is 18.2 Å². The maximum Gasteiger partial charge on any atom is 0.235 e. The van der Waals surface area contributed by atoms with E-state index >= 15 is 0 Å². The number of isocyanates is 3. The second-order valence-electron chi connectivity index (χ2n) is 6.43. The zero-order valence-electron chi connectivity index (χ0n) is 12.2. The lowest BCUT2D eigenvalue weighted by atomic mass is 9.59. The van der Waals surface area contributed by atoms with Gasteiger partial charge in [-0.1, -0.05) is 6.92 Å². The second kappa shape index (κ2) is 6.28. The summed E-state index contributed by atoms with van der Waals surface area (Å²) in [6.07, 6.45) is 9.28. The van der Waals surface area contributed by atoms with Crippen LogP contribution in [0.15, 0.2) is 15.0 Å². The summed E-state index contributed by atoms with van der Waals surface area (Å²) in [4.78, 5) is 42.8. The molecule has 112 valence electrons. The largest absolute Gasteiger partial charge is 0.235 e. The van der Waals surface area contributed by atoms with E-state index in [9.17, 15) is 14.4 Å². The first-order valence-corrected chi connectivity index (χ1v) is 7.26. The van der Waals surface area contributed by atoms with Gasteiger partial charge in [0.15, 0.2) is 0 Å². The molecule has 0 heterocycles. The number of hydrogen-bond donors (Lipinski definition) is 0. The van der Waals surface area contributed by atoms with Crippen LogP contribution < -0.4 is 0 Å². The molecule has 2 aliphatic rings. The molecule has 2 saturated carbocycles. The zero-order valence-corrected chi connectivity index (χ0v) is 12.2. The van der Waals surface area contributed by atoms with E-state index in [4.69, 9.17) is 0 Å². The molecule has 6 heteroatoms. The van der Waals surface area contributed by atoms with Crippen LogP contribution in [-0.2, 0) is 14.4 Å². The molecule has 0 N–H and O–H groups in total. The van der Waals surface area contributed by atoms with Crippen LogP contribution in [0.25, 0.3) is 0 Å². The normalized spacial score (nSPS) is 36.4. The predicted octanol–water partition coefficient (Wildman–Crippen LogP) is 1.95. The van der Waals surface area contributed by atoms with Crippen molar-refractivity contribution in [2.45, 2.75) is 45.1 Å². The zero-order chi connectivity index (χ0) is 15.3. The minimum atomic E-state index is -0.170. The molecule has 0 aromatic heterocycles. The van der Waals surface area contributed by atoms with Gasteiger partial charge in [0.2, 0.25) is 18.2 Å². The third kappa shape index (κ3) is 2.66. The molecule has 0 spiro atoms. The number of hydrogen-bond acceptors (Lipinski definition) is 6. The number of nitrogens with zero attached hydrogens (tertiary/aromatic N) is 3. The van der Waals surface area contributed by atoms with Gasteiger partial charge in [-0.15, -0.1) is 0 Å². The van der Waals surface area contributed by atoms with Gasteiger partial charge in [-0.2, -0.15) is 0 Å². The van der Waals surface area contributed by atoms with Crippen molar-refractivity contribution in [2.24, 2.45) is 31.7 Å². The van der Waals surface area contributed by atoms with Crippen molar-refractivity contribution in [2.75, 3.05) is 13.1 Å². The van der Waals surface area contributed by atoms with Crippen LogP contribution >= 0.6 is 0 Å². The van der Waals surface area contributed by atoms with Crippen molar-refractivity contribution in [1.29, 1.82) is 0 Å². The highest BCUT2D eigenvalue weighted by Crippen LogP contribution is 2.66. The monoisotopic (exact) mass is 289 g/mol. The van der Waals surface area contributed by atoms with Gasteiger partial charge in [0.1, 0.15) is 0 Å². The summed E-state index contributed by atoms with van der Waals surface area (Å²) in [5.41, 5.74) is -0.322. The molecule has 21 heavy (non-hydrogen) atoms. The van der Waals surface area contributed by atoms with Gasteiger partial charge in [-0.3, -0.25) is 0 Å². The molecular formula is C15H19N3O3. The molecule has 0 aliphatic heterocycles. The van der Waals surface area contributed by atoms with Crippen LogP contribution in [0.5, 0.6) is 0 Å². The molecule has 4 unspecified atom stereocenters. The van der Waals surface area contributed by atoms with Gasteiger partial charge in [0.25, 0.3) is 0 Å². The van der Waals surface area contributed by atoms with Gasteiger partial charge >= 0.3 is 0 Å². The summed E-state index contributed by atoms with van der Waals surface area (Å²) in [7, 11) is 0. The van der Waals surface area contributed by atoms with Crippen LogP contribution in [0.3, 0.4) is 0 Å². The summed E-state index contributed by atoms with van der Waals surface area (Å²) < 4.78 is 0. The minimum absolute atomic E-state index is 0.0508. The third-order valence-corrected chi connectivity index (χ3v) is 5.54. The van der Waals surface area contributed by atoms with E-state index in [0.29, 0.717) is 19.0 Å². The maximum absolute atomic E-state index is 10.7. The van der Waals surface area contributed by atoms with E-state index in [0.717, 1.165) is 32.1 Å². The lowest BCUT2D eigenvalue weighted by molar-refractivity contribution is 0.0494. The highest BCUT2D eigenvalue weighted by atomic mass is 16.1. The fraction of sp³-hybridized carbons (Fsp3) is 0.800. The van der Waals surface area contributed by atoms with Gasteiger partial charge in [-0.05, 0) is 48.9 Å². The van der Waals surface area contributed by atoms with Crippen LogP contribution in [0, 0.1) is 16.7 Å². The summed E-state index contributed by atoms with van der Waals surface area (Å²) in [5.74, 6) is 0.508. The Hall–Kier alpha value is -1.86. The summed E-state index contributed by atoms with van der Waals surface area (Å²) in [6, 6.07) is -0.0508. The average Bonchev–Trinajstić information content (AvgIpc) is 2.92. The quantitative estimate of drug-likeness (QED) is 0.407. The first kappa shape index (κ1) is 15.5. The highest BCUT2D eigenvalue weighted by molar-refractivity contribution is 5.36. The van der Waals surface area contributed by atoms with Crippen molar-refractivity contribution < 1.29 is 14.4 Å². The van der Waals surface area contributed by atoms with Gasteiger partial charge in [0, 0.05) is 0 Å². The Balaban J connectivity index is 2.24. The van der Waals surface area contributed by atoms with Crippen molar-refractivity contribution in [3.05, 3.63) is 0 Å². The highest BCUT2D eigenvalue weighted by Gasteiger charge is 2.63. The van der Waals surface area contributed by atoms with Crippen LogP contribution in [-0.4, -0.2) is 37.4 Å². The molecule has 0 saturated heterocycles. The average molecular weight is 289 g/mol. The SMILES string of the molecule is CC12CC(CC1N=C=O)CC2(CCCN=C=O)CN=C=O. The lowest BCUT2D eigenvalue weighted by Gasteiger charge is -2.46. The first-order chi connectivity index (χ1) is 10.1. The Kier molecular flexibility index (Phi) is 4.64. The molecular weight excluding hydrogens is 270 g/mol. The smallest absolute Gasteiger partial charge is 0.211 e. The van der Waals surface area contributed by atoms with E-state index in [2.05, 4.69) is 21.9 Å². The van der Waals surface area contributed by atoms with Crippen molar-refractivity contribution in [1.82, 2.24) is 0 Å². The number of rotatable bonds is 7. The van der Waals surface area contributed by atoms with Crippen molar-refractivity contribution >= 4 is 18.2 Å². The molecule has 4 atom stereocenters. The number of aliphatic imine (C=N–C) groups is 3. The number of fused-ring (bicyclic) bond motifs is 2. The van der Waals surface area contributed by atoms with E-state index in [1.165, 1.54) is 0 Å². The van der Waals surface area contributed by atoms with E-state index in [-0.39, 0.29) is 16.9 Å². The van der Waals surface area contributed by atoms with Gasteiger partial charge in [-0.25, -0.2) is 29.4 Å². The molecule has 0 aromatic carbocycles. The predicted molar refractivity (Wildman–Crippen MR) is 75.0 cm³/mol. The van der Waals surface area contributed by atoms with Crippen molar-refractivity contribution in [3.63, 3.8) is 0 Å². The Labute approximate surface area is 123 Å². The lowest BCUT2D eigenvalue weighted by Crippen LogP contribution is -2.46. The Bertz CT molecular complexity index is 544. The molecule has 2 fully saturated rings. The molecule has 6 nitrogen and oxygen atoms in total. The molecule has 2 rings (SSSR count). The Morgan fingerprint density at radius 3 is 2.48 bits per heavy atom. The van der Waals surface area contributed by atoms with Crippen molar-refractivity contribution in [3.8, 4) is 0 Å². The van der Waals surface area contributed by atoms with E-state index in [1.807, 2.05) is 0 Å². The van der Waals surface area contributed by atoms with Gasteiger partial charge < -0.3 is 0 Å². The summed E-state index contributed by atoms with van der Waals surface area (Å²) >= 11 is 0. The fourth-order valence-corrected chi connectivity index (χ4v) is 4.60. The maximum atomic E-state index is 10.7. The fourth-order valence-electron chi connectivity index (χ4n) is 4.60. The molecule has 0 radical (unpaired) electrons. The van der Waals surface area contributed by atoms with Gasteiger partial charge in [0.05, 0.1) is 19.1 Å². The molecule has 0 amide bonds. The van der Waals surface area contributed by atoms with E-state index < -0.39 is 0 Å². The summed E-state index contributed by atoms with van der Waals surface area (Å²) in [5, 5.41) is 0.